The Labute approximate surface area is 123 Å². The zero-order valence-electron chi connectivity index (χ0n) is 11.9. The molecule has 3 rings (SSSR count). The highest BCUT2D eigenvalue weighted by molar-refractivity contribution is 5.83. The number of nitrogens with one attached hydrogen (secondary N) is 1. The Hall–Kier alpha value is -2.55. The average Bonchev–Trinajstić information content (AvgIpc) is 2.53. The van der Waals surface area contributed by atoms with Crippen LogP contribution in [0.2, 0.25) is 0 Å². The second-order valence-electron chi connectivity index (χ2n) is 4.98. The van der Waals surface area contributed by atoms with Gasteiger partial charge >= 0.3 is 0 Å². The molecule has 0 aliphatic carbocycles. The molecule has 2 aromatic carbocycles. The molecule has 1 aromatic heterocycles. The van der Waals surface area contributed by atoms with Crippen LogP contribution in [-0.2, 0) is 0 Å². The highest BCUT2D eigenvalue weighted by Crippen LogP contribution is 2.24. The summed E-state index contributed by atoms with van der Waals surface area (Å²) in [5.41, 5.74) is 2.70. The molecule has 0 radical (unpaired) electrons. The van der Waals surface area contributed by atoms with E-state index in [1.165, 1.54) is 6.07 Å². The second kappa shape index (κ2) is 5.83. The van der Waals surface area contributed by atoms with E-state index < -0.39 is 0 Å². The predicted octanol–water partition coefficient (Wildman–Crippen LogP) is 4.28. The van der Waals surface area contributed by atoms with Gasteiger partial charge in [-0.25, -0.2) is 0 Å². The van der Waals surface area contributed by atoms with Crippen molar-refractivity contribution >= 4 is 16.9 Å². The van der Waals surface area contributed by atoms with Crippen molar-refractivity contribution in [1.82, 2.24) is 0 Å². The number of hydrogen-bond donors (Lipinski definition) is 1. The fraction of sp³-hybridized carbons (Fsp3) is 0.167. The molecule has 0 saturated heterocycles. The molecule has 21 heavy (non-hydrogen) atoms. The van der Waals surface area contributed by atoms with Gasteiger partial charge in [-0.05, 0) is 29.7 Å². The first-order valence-electron chi connectivity index (χ1n) is 7.15. The van der Waals surface area contributed by atoms with E-state index in [1.807, 2.05) is 48.5 Å². The Balaban J connectivity index is 2.07. The number of rotatable bonds is 4. The molecule has 0 fully saturated rings. The highest BCUT2D eigenvalue weighted by atomic mass is 16.3. The predicted molar refractivity (Wildman–Crippen MR) is 86.7 cm³/mol. The first-order chi connectivity index (χ1) is 10.3. The zero-order valence-corrected chi connectivity index (χ0v) is 11.9. The summed E-state index contributed by atoms with van der Waals surface area (Å²) in [5.74, 6) is 0.529. The van der Waals surface area contributed by atoms with Gasteiger partial charge in [-0.1, -0.05) is 43.3 Å². The van der Waals surface area contributed by atoms with E-state index >= 15 is 0 Å². The van der Waals surface area contributed by atoms with Crippen LogP contribution in [0.15, 0.2) is 63.8 Å². The average molecular weight is 279 g/mol. The van der Waals surface area contributed by atoms with Crippen LogP contribution in [0.3, 0.4) is 0 Å². The molecule has 0 unspecified atom stereocenters. The van der Waals surface area contributed by atoms with Crippen molar-refractivity contribution in [2.24, 2.45) is 0 Å². The smallest absolute Gasteiger partial charge is 0.197 e. The Bertz CT molecular complexity index is 806. The van der Waals surface area contributed by atoms with Gasteiger partial charge < -0.3 is 9.73 Å². The van der Waals surface area contributed by atoms with E-state index in [2.05, 4.69) is 12.2 Å². The van der Waals surface area contributed by atoms with E-state index in [1.54, 1.807) is 0 Å². The van der Waals surface area contributed by atoms with Gasteiger partial charge in [0.05, 0.1) is 5.39 Å². The third-order valence-electron chi connectivity index (χ3n) is 3.38. The topological polar surface area (TPSA) is 42.2 Å². The molecule has 0 bridgehead atoms. The minimum atomic E-state index is -0.0207. The van der Waals surface area contributed by atoms with Crippen molar-refractivity contribution in [3.05, 3.63) is 64.8 Å². The van der Waals surface area contributed by atoms with Crippen LogP contribution in [0.25, 0.3) is 22.1 Å². The standard InChI is InChI=1S/C18H17NO2/c1-2-10-19-18-12-16(20)15-11-14(8-9-17(15)21-18)13-6-4-3-5-7-13/h3-9,11-12,19H,2,10H2,1H3. The van der Waals surface area contributed by atoms with Crippen LogP contribution in [0.4, 0.5) is 5.88 Å². The lowest BCUT2D eigenvalue weighted by atomic mass is 10.0. The van der Waals surface area contributed by atoms with Crippen LogP contribution in [-0.4, -0.2) is 6.54 Å². The molecule has 1 heterocycles. The molecule has 0 aliphatic rings. The molecule has 1 N–H and O–H groups in total. The lowest BCUT2D eigenvalue weighted by Crippen LogP contribution is -2.06. The van der Waals surface area contributed by atoms with Gasteiger partial charge in [0, 0.05) is 12.6 Å². The summed E-state index contributed by atoms with van der Waals surface area (Å²) in [5, 5.41) is 3.72. The van der Waals surface area contributed by atoms with Crippen molar-refractivity contribution < 1.29 is 4.42 Å². The molecule has 0 aliphatic heterocycles. The van der Waals surface area contributed by atoms with Crippen LogP contribution in [0.1, 0.15) is 13.3 Å². The van der Waals surface area contributed by atoms with Crippen molar-refractivity contribution in [2.45, 2.75) is 13.3 Å². The largest absolute Gasteiger partial charge is 0.440 e. The number of hydrogen-bond acceptors (Lipinski definition) is 3. The van der Waals surface area contributed by atoms with Gasteiger partial charge in [0.15, 0.2) is 11.3 Å². The Morgan fingerprint density at radius 3 is 2.57 bits per heavy atom. The molecule has 3 aromatic rings. The monoisotopic (exact) mass is 279 g/mol. The van der Waals surface area contributed by atoms with Crippen molar-refractivity contribution in [3.63, 3.8) is 0 Å². The molecule has 106 valence electrons. The maximum atomic E-state index is 12.2. The quantitative estimate of drug-likeness (QED) is 0.775. The van der Waals surface area contributed by atoms with E-state index in [9.17, 15) is 4.79 Å². The van der Waals surface area contributed by atoms with Crippen molar-refractivity contribution in [1.29, 1.82) is 0 Å². The Kier molecular flexibility index (Phi) is 3.73. The third-order valence-corrected chi connectivity index (χ3v) is 3.38. The number of anilines is 1. The Morgan fingerprint density at radius 1 is 1.00 bits per heavy atom. The van der Waals surface area contributed by atoms with E-state index in [0.29, 0.717) is 16.9 Å². The van der Waals surface area contributed by atoms with Crippen LogP contribution in [0, 0.1) is 0 Å². The van der Waals surface area contributed by atoms with E-state index in [-0.39, 0.29) is 5.43 Å². The van der Waals surface area contributed by atoms with Crippen molar-refractivity contribution in [3.8, 4) is 11.1 Å². The summed E-state index contributed by atoms with van der Waals surface area (Å²) >= 11 is 0. The minimum Gasteiger partial charge on any atom is -0.440 e. The summed E-state index contributed by atoms with van der Waals surface area (Å²) in [6.45, 7) is 2.86. The lowest BCUT2D eigenvalue weighted by molar-refractivity contribution is 0.613. The number of benzene rings is 2. The van der Waals surface area contributed by atoms with Crippen LogP contribution < -0.4 is 10.7 Å². The SMILES string of the molecule is CCCNc1cc(=O)c2cc(-c3ccccc3)ccc2o1. The van der Waals surface area contributed by atoms with Crippen LogP contribution >= 0.6 is 0 Å². The lowest BCUT2D eigenvalue weighted by Gasteiger charge is -2.06. The minimum absolute atomic E-state index is 0.0207. The van der Waals surface area contributed by atoms with E-state index in [4.69, 9.17) is 4.42 Å². The fourth-order valence-corrected chi connectivity index (χ4v) is 2.30. The molecule has 3 nitrogen and oxygen atoms in total. The van der Waals surface area contributed by atoms with Gasteiger partial charge in [-0.3, -0.25) is 4.79 Å². The summed E-state index contributed by atoms with van der Waals surface area (Å²) in [7, 11) is 0. The third kappa shape index (κ3) is 2.82. The van der Waals surface area contributed by atoms with Gasteiger partial charge in [0.2, 0.25) is 0 Å². The Morgan fingerprint density at radius 2 is 1.81 bits per heavy atom. The summed E-state index contributed by atoms with van der Waals surface area (Å²) < 4.78 is 5.72. The summed E-state index contributed by atoms with van der Waals surface area (Å²) in [6, 6.07) is 17.2. The zero-order chi connectivity index (χ0) is 14.7. The molecular weight excluding hydrogens is 262 g/mol. The van der Waals surface area contributed by atoms with Crippen LogP contribution in [0.5, 0.6) is 0 Å². The summed E-state index contributed by atoms with van der Waals surface area (Å²) in [4.78, 5) is 12.2. The van der Waals surface area contributed by atoms with E-state index in [0.717, 1.165) is 24.1 Å². The highest BCUT2D eigenvalue weighted by Gasteiger charge is 2.06. The van der Waals surface area contributed by atoms with Gasteiger partial charge in [-0.15, -0.1) is 0 Å². The first kappa shape index (κ1) is 13.4. The maximum absolute atomic E-state index is 12.2. The van der Waals surface area contributed by atoms with Gasteiger partial charge in [0.1, 0.15) is 5.58 Å². The second-order valence-corrected chi connectivity index (χ2v) is 4.98. The van der Waals surface area contributed by atoms with Gasteiger partial charge in [-0.2, -0.15) is 0 Å². The first-order valence-corrected chi connectivity index (χ1v) is 7.15. The molecule has 0 spiro atoms. The normalized spacial score (nSPS) is 10.7. The molecule has 0 saturated carbocycles. The molecule has 0 amide bonds. The number of fused-ring (bicyclic) bond motifs is 1. The maximum Gasteiger partial charge on any atom is 0.197 e. The molecule has 0 atom stereocenters. The van der Waals surface area contributed by atoms with Gasteiger partial charge in [0.25, 0.3) is 0 Å². The summed E-state index contributed by atoms with van der Waals surface area (Å²) in [6.07, 6.45) is 0.981. The van der Waals surface area contributed by atoms with Crippen molar-refractivity contribution in [2.75, 3.05) is 11.9 Å². The molecular formula is C18H17NO2. The fourth-order valence-electron chi connectivity index (χ4n) is 2.30. The molecule has 3 heteroatoms.